The van der Waals surface area contributed by atoms with E-state index in [4.69, 9.17) is 0 Å². The van der Waals surface area contributed by atoms with Crippen LogP contribution in [0.15, 0.2) is 16.3 Å². The Hall–Kier alpha value is -0.670. The summed E-state index contributed by atoms with van der Waals surface area (Å²) < 4.78 is 0. The van der Waals surface area contributed by atoms with Crippen molar-refractivity contribution >= 4 is 6.21 Å². The molecule has 0 aromatic rings. The molecule has 82 valence electrons. The molecule has 2 aliphatic heterocycles. The largest absolute Gasteiger partial charge is 0.388 e. The zero-order valence-corrected chi connectivity index (χ0v) is 9.00. The smallest absolute Gasteiger partial charge is 0.0831 e. The predicted octanol–water partition coefficient (Wildman–Crippen LogP) is 1.24. The van der Waals surface area contributed by atoms with E-state index < -0.39 is 0 Å². The summed E-state index contributed by atoms with van der Waals surface area (Å²) in [6.07, 6.45) is 7.01. The number of aliphatic hydroxyl groups excluding tert-OH is 1. The molecule has 0 amide bonds. The van der Waals surface area contributed by atoms with E-state index in [0.29, 0.717) is 0 Å². The fourth-order valence-electron chi connectivity index (χ4n) is 3.25. The van der Waals surface area contributed by atoms with E-state index in [-0.39, 0.29) is 11.5 Å². The number of nitrogens with one attached hydrogen (secondary N) is 1. The quantitative estimate of drug-likeness (QED) is 0.626. The van der Waals surface area contributed by atoms with Gasteiger partial charge in [0.15, 0.2) is 0 Å². The summed E-state index contributed by atoms with van der Waals surface area (Å²) in [6.45, 7) is 2.09. The number of hydrogen-bond acceptors (Lipinski definition) is 3. The highest BCUT2D eigenvalue weighted by atomic mass is 16.3. The van der Waals surface area contributed by atoms with E-state index in [2.05, 4.69) is 10.3 Å². The molecule has 2 N–H and O–H groups in total. The summed E-state index contributed by atoms with van der Waals surface area (Å²) in [4.78, 5) is 4.47. The number of hydrogen-bond donors (Lipinski definition) is 2. The van der Waals surface area contributed by atoms with Gasteiger partial charge in [0.25, 0.3) is 0 Å². The number of piperidine rings is 1. The molecule has 3 aliphatic rings. The van der Waals surface area contributed by atoms with E-state index in [0.717, 1.165) is 45.2 Å². The van der Waals surface area contributed by atoms with Crippen molar-refractivity contribution < 1.29 is 5.11 Å². The summed E-state index contributed by atoms with van der Waals surface area (Å²) >= 11 is 0. The molecule has 3 rings (SSSR count). The van der Waals surface area contributed by atoms with Crippen molar-refractivity contribution in [2.45, 2.75) is 38.2 Å². The maximum atomic E-state index is 10.4. The van der Waals surface area contributed by atoms with E-state index in [1.165, 1.54) is 11.3 Å². The van der Waals surface area contributed by atoms with Crippen molar-refractivity contribution in [1.82, 2.24) is 5.32 Å². The molecular weight excluding hydrogens is 188 g/mol. The van der Waals surface area contributed by atoms with Gasteiger partial charge in [0.1, 0.15) is 0 Å². The third-order valence-electron chi connectivity index (χ3n) is 4.19. The van der Waals surface area contributed by atoms with Crippen LogP contribution in [0.2, 0.25) is 0 Å². The highest BCUT2D eigenvalue weighted by Crippen LogP contribution is 2.50. The van der Waals surface area contributed by atoms with Crippen LogP contribution in [-0.4, -0.2) is 30.5 Å². The van der Waals surface area contributed by atoms with Crippen LogP contribution >= 0.6 is 0 Å². The maximum absolute atomic E-state index is 10.4. The van der Waals surface area contributed by atoms with Gasteiger partial charge in [0.05, 0.1) is 6.10 Å². The first-order valence-corrected chi connectivity index (χ1v) is 5.95. The van der Waals surface area contributed by atoms with Gasteiger partial charge in [-0.05, 0) is 50.8 Å². The Morgan fingerprint density at radius 2 is 2.20 bits per heavy atom. The van der Waals surface area contributed by atoms with Gasteiger partial charge in [-0.25, -0.2) is 0 Å². The minimum absolute atomic E-state index is 0.123. The number of allylic oxidation sites excluding steroid dienone is 1. The molecule has 0 saturated carbocycles. The lowest BCUT2D eigenvalue weighted by Crippen LogP contribution is -2.42. The molecule has 2 heterocycles. The summed E-state index contributed by atoms with van der Waals surface area (Å²) in [5, 5.41) is 13.8. The second-order valence-electron chi connectivity index (χ2n) is 5.01. The molecule has 1 spiro atoms. The number of aliphatic imine (C=N–C) groups is 1. The Balaban J connectivity index is 1.88. The third kappa shape index (κ3) is 1.37. The van der Waals surface area contributed by atoms with Gasteiger partial charge in [0.2, 0.25) is 0 Å². The lowest BCUT2D eigenvalue weighted by molar-refractivity contribution is 0.0396. The first-order valence-electron chi connectivity index (χ1n) is 5.95. The van der Waals surface area contributed by atoms with E-state index in [1.807, 2.05) is 6.21 Å². The van der Waals surface area contributed by atoms with Crippen molar-refractivity contribution in [2.24, 2.45) is 10.4 Å². The Morgan fingerprint density at radius 3 is 2.93 bits per heavy atom. The molecule has 1 fully saturated rings. The standard InChI is InChI=1S/C12H18N2O/c15-11-9-2-1-5-14-10(9)8-12(11)3-6-13-7-4-12/h5,11,13,15H,1-4,6-8H2. The molecule has 1 saturated heterocycles. The van der Waals surface area contributed by atoms with E-state index in [9.17, 15) is 5.11 Å². The minimum atomic E-state index is -0.216. The molecular formula is C12H18N2O. The highest BCUT2D eigenvalue weighted by Gasteiger charge is 2.47. The maximum Gasteiger partial charge on any atom is 0.0831 e. The first kappa shape index (κ1) is 9.55. The SMILES string of the molecule is OC1C2=C(CC13CCNCC3)N=CCC2. The number of rotatable bonds is 0. The Morgan fingerprint density at radius 1 is 1.40 bits per heavy atom. The van der Waals surface area contributed by atoms with Gasteiger partial charge in [-0.1, -0.05) is 0 Å². The van der Waals surface area contributed by atoms with Crippen molar-refractivity contribution in [3.8, 4) is 0 Å². The molecule has 1 aliphatic carbocycles. The third-order valence-corrected chi connectivity index (χ3v) is 4.19. The van der Waals surface area contributed by atoms with Crippen LogP contribution in [0.3, 0.4) is 0 Å². The van der Waals surface area contributed by atoms with Crippen molar-refractivity contribution in [3.63, 3.8) is 0 Å². The topological polar surface area (TPSA) is 44.6 Å². The molecule has 0 bridgehead atoms. The van der Waals surface area contributed by atoms with Crippen LogP contribution in [0.4, 0.5) is 0 Å². The molecule has 3 nitrogen and oxygen atoms in total. The van der Waals surface area contributed by atoms with Crippen LogP contribution in [0.25, 0.3) is 0 Å². The fraction of sp³-hybridized carbons (Fsp3) is 0.750. The van der Waals surface area contributed by atoms with E-state index in [1.54, 1.807) is 0 Å². The van der Waals surface area contributed by atoms with Crippen LogP contribution in [0.5, 0.6) is 0 Å². The Bertz CT molecular complexity index is 327. The Labute approximate surface area is 90.3 Å². The zero-order valence-electron chi connectivity index (χ0n) is 9.00. The van der Waals surface area contributed by atoms with Gasteiger partial charge in [-0.3, -0.25) is 4.99 Å². The van der Waals surface area contributed by atoms with Gasteiger partial charge >= 0.3 is 0 Å². The van der Waals surface area contributed by atoms with Crippen molar-refractivity contribution in [2.75, 3.05) is 13.1 Å². The molecule has 15 heavy (non-hydrogen) atoms. The number of aliphatic hydroxyl groups is 1. The van der Waals surface area contributed by atoms with Gasteiger partial charge in [0, 0.05) is 17.3 Å². The normalized spacial score (nSPS) is 33.5. The first-order chi connectivity index (χ1) is 7.32. The van der Waals surface area contributed by atoms with Gasteiger partial charge in [-0.15, -0.1) is 0 Å². The van der Waals surface area contributed by atoms with Gasteiger partial charge < -0.3 is 10.4 Å². The Kier molecular flexibility index (Phi) is 2.18. The second kappa shape index (κ2) is 3.42. The van der Waals surface area contributed by atoms with Crippen LogP contribution in [0, 0.1) is 5.41 Å². The molecule has 0 aromatic heterocycles. The zero-order chi connectivity index (χ0) is 10.3. The average molecular weight is 206 g/mol. The highest BCUT2D eigenvalue weighted by molar-refractivity contribution is 5.62. The average Bonchev–Trinajstić information content (AvgIpc) is 2.54. The lowest BCUT2D eigenvalue weighted by atomic mass is 9.74. The lowest BCUT2D eigenvalue weighted by Gasteiger charge is -2.37. The molecule has 1 atom stereocenters. The molecule has 0 aromatic carbocycles. The van der Waals surface area contributed by atoms with Gasteiger partial charge in [-0.2, -0.15) is 0 Å². The van der Waals surface area contributed by atoms with Crippen LogP contribution < -0.4 is 5.32 Å². The van der Waals surface area contributed by atoms with Crippen molar-refractivity contribution in [3.05, 3.63) is 11.3 Å². The summed E-state index contributed by atoms with van der Waals surface area (Å²) in [6, 6.07) is 0. The summed E-state index contributed by atoms with van der Waals surface area (Å²) in [5.74, 6) is 0. The molecule has 0 radical (unpaired) electrons. The fourth-order valence-corrected chi connectivity index (χ4v) is 3.25. The molecule has 1 unspecified atom stereocenters. The predicted molar refractivity (Wildman–Crippen MR) is 59.9 cm³/mol. The van der Waals surface area contributed by atoms with Crippen molar-refractivity contribution in [1.29, 1.82) is 0 Å². The molecule has 3 heteroatoms. The number of nitrogens with zero attached hydrogens (tertiary/aromatic N) is 1. The van der Waals surface area contributed by atoms with Crippen LogP contribution in [0.1, 0.15) is 32.1 Å². The monoisotopic (exact) mass is 206 g/mol. The second-order valence-corrected chi connectivity index (χ2v) is 5.01. The van der Waals surface area contributed by atoms with Crippen LogP contribution in [-0.2, 0) is 0 Å². The minimum Gasteiger partial charge on any atom is -0.388 e. The van der Waals surface area contributed by atoms with E-state index >= 15 is 0 Å². The summed E-state index contributed by atoms with van der Waals surface area (Å²) in [5.41, 5.74) is 2.55. The summed E-state index contributed by atoms with van der Waals surface area (Å²) in [7, 11) is 0.